The lowest BCUT2D eigenvalue weighted by Gasteiger charge is -2.53. The van der Waals surface area contributed by atoms with E-state index in [0.717, 1.165) is 0 Å². The summed E-state index contributed by atoms with van der Waals surface area (Å²) in [5.41, 5.74) is 1.06. The van der Waals surface area contributed by atoms with Crippen LogP contribution in [0.1, 0.15) is 97.8 Å². The fourth-order valence-electron chi connectivity index (χ4n) is 4.60. The number of hydrogen-bond donors (Lipinski definition) is 0. The average molecular weight is 249 g/mol. The molecule has 18 heavy (non-hydrogen) atoms. The molecule has 0 heterocycles. The number of rotatable bonds is 1. The van der Waals surface area contributed by atoms with Crippen LogP contribution < -0.4 is 0 Å². The van der Waals surface area contributed by atoms with Crippen molar-refractivity contribution in [3.8, 4) is 0 Å². The highest BCUT2D eigenvalue weighted by molar-refractivity contribution is 5.13. The summed E-state index contributed by atoms with van der Waals surface area (Å²) in [4.78, 5) is 0. The summed E-state index contributed by atoms with van der Waals surface area (Å²) in [5, 5.41) is 0. The largest absolute Gasteiger partial charge is 0.0596 e. The quantitative estimate of drug-likeness (QED) is 0.511. The molecule has 2 aliphatic rings. The highest BCUT2D eigenvalue weighted by Gasteiger charge is 2.47. The van der Waals surface area contributed by atoms with Gasteiger partial charge in [0.1, 0.15) is 0 Å². The van der Waals surface area contributed by atoms with E-state index in [1.807, 2.05) is 5.92 Å². The van der Waals surface area contributed by atoms with Crippen LogP contribution in [-0.4, -0.2) is 0 Å². The fraction of sp³-hybridized carbons (Fsp3) is 0.944. The van der Waals surface area contributed by atoms with E-state index in [-0.39, 0.29) is 0 Å². The van der Waals surface area contributed by atoms with E-state index < -0.39 is 0 Å². The molecular formula is C18H33. The topological polar surface area (TPSA) is 0 Å². The molecule has 2 rings (SSSR count). The third-order valence-corrected chi connectivity index (χ3v) is 5.78. The second kappa shape index (κ2) is 5.97. The minimum Gasteiger partial charge on any atom is -0.0596 e. The van der Waals surface area contributed by atoms with Crippen molar-refractivity contribution in [2.45, 2.75) is 97.8 Å². The van der Waals surface area contributed by atoms with Crippen LogP contribution in [0, 0.1) is 16.7 Å². The predicted octanol–water partition coefficient (Wildman–Crippen LogP) is 6.30. The maximum absolute atomic E-state index is 2.50. The second-order valence-corrected chi connectivity index (χ2v) is 7.76. The molecule has 0 bridgehead atoms. The third kappa shape index (κ3) is 2.94. The van der Waals surface area contributed by atoms with Gasteiger partial charge >= 0.3 is 0 Å². The van der Waals surface area contributed by atoms with E-state index in [9.17, 15) is 0 Å². The van der Waals surface area contributed by atoms with Crippen LogP contribution in [0.25, 0.3) is 0 Å². The molecule has 0 nitrogen and oxygen atoms in total. The van der Waals surface area contributed by atoms with Gasteiger partial charge in [-0.05, 0) is 42.4 Å². The smallest absolute Gasteiger partial charge is 0.0174 e. The van der Waals surface area contributed by atoms with Gasteiger partial charge in [-0.1, -0.05) is 72.1 Å². The molecular weight excluding hydrogens is 216 g/mol. The molecule has 0 aliphatic heterocycles. The normalized spacial score (nSPS) is 27.5. The molecule has 0 aromatic carbocycles. The van der Waals surface area contributed by atoms with Crippen molar-refractivity contribution >= 4 is 0 Å². The van der Waals surface area contributed by atoms with Gasteiger partial charge in [0.05, 0.1) is 0 Å². The number of hydrogen-bond acceptors (Lipinski definition) is 0. The minimum absolute atomic E-state index is 0.474. The van der Waals surface area contributed by atoms with Crippen LogP contribution >= 0.6 is 0 Å². The first-order valence-electron chi connectivity index (χ1n) is 8.41. The standard InChI is InChI=1S/C18H33/c1-17(2,3)18(14-10-7-11-15-18)16-12-8-5-4-6-9-13-16/h4-15H2,1-3H3. The maximum atomic E-state index is 2.50. The van der Waals surface area contributed by atoms with Gasteiger partial charge in [-0.25, -0.2) is 0 Å². The van der Waals surface area contributed by atoms with Crippen LogP contribution in [0.15, 0.2) is 0 Å². The zero-order valence-corrected chi connectivity index (χ0v) is 13.0. The van der Waals surface area contributed by atoms with E-state index >= 15 is 0 Å². The van der Waals surface area contributed by atoms with E-state index in [4.69, 9.17) is 0 Å². The Morgan fingerprint density at radius 3 is 1.61 bits per heavy atom. The first-order valence-corrected chi connectivity index (χ1v) is 8.41. The van der Waals surface area contributed by atoms with Crippen molar-refractivity contribution < 1.29 is 0 Å². The zero-order valence-electron chi connectivity index (χ0n) is 13.0. The molecule has 0 unspecified atom stereocenters. The molecule has 2 fully saturated rings. The molecule has 2 aliphatic carbocycles. The van der Waals surface area contributed by atoms with Gasteiger partial charge in [-0.2, -0.15) is 0 Å². The first kappa shape index (κ1) is 14.4. The van der Waals surface area contributed by atoms with Crippen LogP contribution in [0.3, 0.4) is 0 Å². The molecule has 0 spiro atoms. The van der Waals surface area contributed by atoms with E-state index in [1.54, 1.807) is 0 Å². The van der Waals surface area contributed by atoms with Gasteiger partial charge in [0.25, 0.3) is 0 Å². The van der Waals surface area contributed by atoms with E-state index in [2.05, 4.69) is 20.8 Å². The summed E-state index contributed by atoms with van der Waals surface area (Å²) in [6.07, 6.45) is 17.6. The second-order valence-electron chi connectivity index (χ2n) is 7.76. The summed E-state index contributed by atoms with van der Waals surface area (Å²) >= 11 is 0. The van der Waals surface area contributed by atoms with Gasteiger partial charge in [-0.3, -0.25) is 0 Å². The fourth-order valence-corrected chi connectivity index (χ4v) is 4.60. The minimum atomic E-state index is 0.474. The molecule has 0 aromatic rings. The summed E-state index contributed by atoms with van der Waals surface area (Å²) in [7, 11) is 0. The summed E-state index contributed by atoms with van der Waals surface area (Å²) in [5.74, 6) is 1.97. The lowest BCUT2D eigenvalue weighted by atomic mass is 9.52. The van der Waals surface area contributed by atoms with Crippen molar-refractivity contribution in [3.63, 3.8) is 0 Å². The highest BCUT2D eigenvalue weighted by atomic mass is 14.5. The lowest BCUT2D eigenvalue weighted by molar-refractivity contribution is 0.0424. The third-order valence-electron chi connectivity index (χ3n) is 5.78. The predicted molar refractivity (Wildman–Crippen MR) is 80.5 cm³/mol. The van der Waals surface area contributed by atoms with Gasteiger partial charge in [0, 0.05) is 0 Å². The Hall–Kier alpha value is 0. The summed E-state index contributed by atoms with van der Waals surface area (Å²) < 4.78 is 0. The Labute approximate surface area is 115 Å². The Morgan fingerprint density at radius 1 is 0.667 bits per heavy atom. The van der Waals surface area contributed by atoms with Crippen LogP contribution in [0.2, 0.25) is 0 Å². The Kier molecular flexibility index (Phi) is 4.78. The zero-order chi connectivity index (χ0) is 13.1. The Morgan fingerprint density at radius 2 is 1.11 bits per heavy atom. The Bertz CT molecular complexity index is 231. The van der Waals surface area contributed by atoms with Gasteiger partial charge < -0.3 is 0 Å². The van der Waals surface area contributed by atoms with Crippen molar-refractivity contribution in [1.82, 2.24) is 0 Å². The summed E-state index contributed by atoms with van der Waals surface area (Å²) in [6.45, 7) is 7.51. The average Bonchev–Trinajstić information content (AvgIpc) is 2.28. The Balaban J connectivity index is 2.15. The molecule has 2 saturated carbocycles. The molecule has 105 valence electrons. The van der Waals surface area contributed by atoms with Gasteiger partial charge in [0.15, 0.2) is 0 Å². The molecule has 0 aromatic heterocycles. The SMILES string of the molecule is CC(C)(C)C1([C]2CCCCCCC2)CCCCC1. The van der Waals surface area contributed by atoms with Gasteiger partial charge in [-0.15, -0.1) is 0 Å². The van der Waals surface area contributed by atoms with Crippen molar-refractivity contribution in [2.24, 2.45) is 10.8 Å². The lowest BCUT2D eigenvalue weighted by Crippen LogP contribution is -2.43. The van der Waals surface area contributed by atoms with E-state index in [0.29, 0.717) is 10.8 Å². The van der Waals surface area contributed by atoms with Crippen LogP contribution in [0.4, 0.5) is 0 Å². The van der Waals surface area contributed by atoms with Crippen LogP contribution in [-0.2, 0) is 0 Å². The monoisotopic (exact) mass is 249 g/mol. The van der Waals surface area contributed by atoms with Gasteiger partial charge in [0.2, 0.25) is 0 Å². The van der Waals surface area contributed by atoms with E-state index in [1.165, 1.54) is 77.0 Å². The maximum Gasteiger partial charge on any atom is -0.0174 e. The molecule has 0 saturated heterocycles. The van der Waals surface area contributed by atoms with Crippen molar-refractivity contribution in [3.05, 3.63) is 5.92 Å². The molecule has 0 amide bonds. The molecule has 0 atom stereocenters. The molecule has 1 radical (unpaired) electrons. The van der Waals surface area contributed by atoms with Crippen LogP contribution in [0.5, 0.6) is 0 Å². The molecule has 0 N–H and O–H groups in total. The van der Waals surface area contributed by atoms with Crippen molar-refractivity contribution in [2.75, 3.05) is 0 Å². The summed E-state index contributed by atoms with van der Waals surface area (Å²) in [6, 6.07) is 0. The highest BCUT2D eigenvalue weighted by Crippen LogP contribution is 2.58. The molecule has 0 heteroatoms. The first-order chi connectivity index (χ1) is 8.56. The van der Waals surface area contributed by atoms with Crippen molar-refractivity contribution in [1.29, 1.82) is 0 Å².